The second kappa shape index (κ2) is 6.09. The van der Waals surface area contributed by atoms with Crippen molar-refractivity contribution in [3.63, 3.8) is 0 Å². The summed E-state index contributed by atoms with van der Waals surface area (Å²) < 4.78 is 0. The fourth-order valence-corrected chi connectivity index (χ4v) is 2.40. The minimum atomic E-state index is -1.13. The Labute approximate surface area is 130 Å². The van der Waals surface area contributed by atoms with E-state index in [-0.39, 0.29) is 0 Å². The van der Waals surface area contributed by atoms with Crippen LogP contribution in [0.5, 0.6) is 0 Å². The molecule has 0 saturated carbocycles. The van der Waals surface area contributed by atoms with Crippen LogP contribution in [0.25, 0.3) is 0 Å². The van der Waals surface area contributed by atoms with Crippen LogP contribution >= 0.6 is 0 Å². The molecule has 22 heavy (non-hydrogen) atoms. The predicted molar refractivity (Wildman–Crippen MR) is 84.1 cm³/mol. The molecule has 1 aliphatic heterocycles. The highest BCUT2D eigenvalue weighted by Crippen LogP contribution is 2.21. The third kappa shape index (κ3) is 4.31. The molecule has 0 amide bonds. The van der Waals surface area contributed by atoms with Crippen molar-refractivity contribution in [2.75, 3.05) is 13.1 Å². The monoisotopic (exact) mass is 302 g/mol. The number of carboxylic acid groups (broad SMARTS) is 1. The van der Waals surface area contributed by atoms with Gasteiger partial charge in [-0.2, -0.15) is 0 Å². The zero-order valence-corrected chi connectivity index (χ0v) is 13.0. The van der Waals surface area contributed by atoms with Crippen LogP contribution in [0.1, 0.15) is 31.4 Å². The molecule has 2 rings (SSSR count). The second-order valence-electron chi connectivity index (χ2n) is 6.43. The summed E-state index contributed by atoms with van der Waals surface area (Å²) in [6, 6.07) is 7.73. The van der Waals surface area contributed by atoms with Crippen molar-refractivity contribution in [2.24, 2.45) is 5.73 Å². The SMILES string of the molecule is CC(C)(O)C#Cc1ccc(CN2CC[C@@](N)(C(=O)O)C2)cc1. The Hall–Kier alpha value is -1.87. The molecule has 0 unspecified atom stereocenters. The quantitative estimate of drug-likeness (QED) is 0.719. The Bertz CT molecular complexity index is 608. The van der Waals surface area contributed by atoms with Crippen molar-refractivity contribution in [3.8, 4) is 11.8 Å². The number of likely N-dealkylation sites (tertiary alicyclic amines) is 1. The third-order valence-electron chi connectivity index (χ3n) is 3.68. The normalized spacial score (nSPS) is 22.2. The van der Waals surface area contributed by atoms with Gasteiger partial charge >= 0.3 is 5.97 Å². The van der Waals surface area contributed by atoms with Crippen LogP contribution < -0.4 is 5.73 Å². The fourth-order valence-electron chi connectivity index (χ4n) is 2.40. The van der Waals surface area contributed by atoms with Crippen molar-refractivity contribution >= 4 is 5.97 Å². The Morgan fingerprint density at radius 1 is 1.41 bits per heavy atom. The summed E-state index contributed by atoms with van der Waals surface area (Å²) in [5.74, 6) is 4.75. The van der Waals surface area contributed by atoms with Crippen molar-refractivity contribution in [2.45, 2.75) is 38.0 Å². The number of hydrogen-bond acceptors (Lipinski definition) is 4. The van der Waals surface area contributed by atoms with E-state index in [1.54, 1.807) is 13.8 Å². The van der Waals surface area contributed by atoms with Crippen molar-refractivity contribution < 1.29 is 15.0 Å². The van der Waals surface area contributed by atoms with Crippen LogP contribution in [0.2, 0.25) is 0 Å². The lowest BCUT2D eigenvalue weighted by Crippen LogP contribution is -2.50. The van der Waals surface area contributed by atoms with Crippen LogP contribution in [-0.2, 0) is 11.3 Å². The van der Waals surface area contributed by atoms with Crippen LogP contribution in [0.4, 0.5) is 0 Å². The maximum absolute atomic E-state index is 11.1. The largest absolute Gasteiger partial charge is 0.480 e. The maximum Gasteiger partial charge on any atom is 0.325 e. The molecule has 118 valence electrons. The van der Waals surface area contributed by atoms with Crippen molar-refractivity contribution in [1.82, 2.24) is 4.90 Å². The predicted octanol–water partition coefficient (Wildman–Crippen LogP) is 0.797. The molecule has 1 heterocycles. The zero-order valence-electron chi connectivity index (χ0n) is 13.0. The summed E-state index contributed by atoms with van der Waals surface area (Å²) in [7, 11) is 0. The number of aliphatic carboxylic acids is 1. The van der Waals surface area contributed by atoms with E-state index in [0.29, 0.717) is 26.1 Å². The van der Waals surface area contributed by atoms with Gasteiger partial charge in [-0.05, 0) is 38.0 Å². The molecule has 1 atom stereocenters. The van der Waals surface area contributed by atoms with Gasteiger partial charge in [-0.3, -0.25) is 9.69 Å². The van der Waals surface area contributed by atoms with Gasteiger partial charge in [-0.15, -0.1) is 0 Å². The molecule has 1 aromatic rings. The number of nitrogens with two attached hydrogens (primary N) is 1. The highest BCUT2D eigenvalue weighted by molar-refractivity contribution is 5.79. The highest BCUT2D eigenvalue weighted by Gasteiger charge is 2.40. The van der Waals surface area contributed by atoms with Gasteiger partial charge in [0, 0.05) is 25.2 Å². The number of benzene rings is 1. The summed E-state index contributed by atoms with van der Waals surface area (Å²) >= 11 is 0. The van der Waals surface area contributed by atoms with E-state index in [1.807, 2.05) is 29.2 Å². The number of carboxylic acids is 1. The van der Waals surface area contributed by atoms with E-state index in [1.165, 1.54) is 0 Å². The maximum atomic E-state index is 11.1. The molecule has 1 fully saturated rings. The molecule has 5 heteroatoms. The molecule has 0 bridgehead atoms. The number of carbonyl (C=O) groups is 1. The summed E-state index contributed by atoms with van der Waals surface area (Å²) in [4.78, 5) is 13.2. The lowest BCUT2D eigenvalue weighted by atomic mass is 10.0. The second-order valence-corrected chi connectivity index (χ2v) is 6.43. The molecule has 0 aliphatic carbocycles. The molecular weight excluding hydrogens is 280 g/mol. The topological polar surface area (TPSA) is 86.8 Å². The molecule has 0 aromatic heterocycles. The highest BCUT2D eigenvalue weighted by atomic mass is 16.4. The van der Waals surface area contributed by atoms with Crippen LogP contribution in [-0.4, -0.2) is 45.3 Å². The fraction of sp³-hybridized carbons (Fsp3) is 0.471. The number of aliphatic hydroxyl groups is 1. The molecule has 0 spiro atoms. The minimum Gasteiger partial charge on any atom is -0.480 e. The Morgan fingerprint density at radius 2 is 2.05 bits per heavy atom. The smallest absolute Gasteiger partial charge is 0.325 e. The third-order valence-corrected chi connectivity index (χ3v) is 3.68. The van der Waals surface area contributed by atoms with Crippen LogP contribution in [0, 0.1) is 11.8 Å². The molecular formula is C17H22N2O3. The first-order chi connectivity index (χ1) is 10.2. The average molecular weight is 302 g/mol. The molecule has 5 nitrogen and oxygen atoms in total. The Morgan fingerprint density at radius 3 is 2.55 bits per heavy atom. The van der Waals surface area contributed by atoms with E-state index < -0.39 is 17.1 Å². The molecule has 0 radical (unpaired) electrons. The first kappa shape index (κ1) is 16.5. The van der Waals surface area contributed by atoms with Crippen molar-refractivity contribution in [3.05, 3.63) is 35.4 Å². The van der Waals surface area contributed by atoms with Gasteiger partial charge in [0.25, 0.3) is 0 Å². The molecule has 4 N–H and O–H groups in total. The summed E-state index contributed by atoms with van der Waals surface area (Å²) in [6.45, 7) is 5.00. The number of hydrogen-bond donors (Lipinski definition) is 3. The van der Waals surface area contributed by atoms with Gasteiger partial charge < -0.3 is 15.9 Å². The first-order valence-corrected chi connectivity index (χ1v) is 7.27. The van der Waals surface area contributed by atoms with E-state index in [4.69, 9.17) is 10.8 Å². The van der Waals surface area contributed by atoms with E-state index in [2.05, 4.69) is 11.8 Å². The minimum absolute atomic E-state index is 0.364. The van der Waals surface area contributed by atoms with Crippen LogP contribution in [0.3, 0.4) is 0 Å². The van der Waals surface area contributed by atoms with Gasteiger partial charge in [0.1, 0.15) is 11.1 Å². The first-order valence-electron chi connectivity index (χ1n) is 7.27. The molecule has 1 saturated heterocycles. The van der Waals surface area contributed by atoms with Gasteiger partial charge in [0.2, 0.25) is 0 Å². The summed E-state index contributed by atoms with van der Waals surface area (Å²) in [5, 5.41) is 18.7. The average Bonchev–Trinajstić information content (AvgIpc) is 2.80. The van der Waals surface area contributed by atoms with Crippen molar-refractivity contribution in [1.29, 1.82) is 0 Å². The van der Waals surface area contributed by atoms with Gasteiger partial charge in [0.05, 0.1) is 0 Å². The van der Waals surface area contributed by atoms with Gasteiger partial charge in [0.15, 0.2) is 0 Å². The Balaban J connectivity index is 1.98. The van der Waals surface area contributed by atoms with E-state index >= 15 is 0 Å². The zero-order chi connectivity index (χ0) is 16.4. The lowest BCUT2D eigenvalue weighted by molar-refractivity contribution is -0.142. The van der Waals surface area contributed by atoms with Gasteiger partial charge in [-0.25, -0.2) is 0 Å². The standard InChI is InChI=1S/C17H22N2O3/c1-16(2,22)8-7-13-3-5-14(6-4-13)11-19-10-9-17(18,12-19)15(20)21/h3-6,22H,9-12,18H2,1-2H3,(H,20,21)/t17-/m0/s1. The number of nitrogens with zero attached hydrogens (tertiary/aromatic N) is 1. The molecule has 1 aromatic carbocycles. The van der Waals surface area contributed by atoms with E-state index in [9.17, 15) is 9.90 Å². The summed E-state index contributed by atoms with van der Waals surface area (Å²) in [6.07, 6.45) is 0.470. The number of rotatable bonds is 3. The van der Waals surface area contributed by atoms with Gasteiger partial charge in [-0.1, -0.05) is 24.0 Å². The lowest BCUT2D eigenvalue weighted by Gasteiger charge is -2.20. The Kier molecular flexibility index (Phi) is 4.57. The van der Waals surface area contributed by atoms with E-state index in [0.717, 1.165) is 11.1 Å². The molecule has 1 aliphatic rings. The van der Waals surface area contributed by atoms with Crippen LogP contribution in [0.15, 0.2) is 24.3 Å². The summed E-state index contributed by atoms with van der Waals surface area (Å²) in [5.41, 5.74) is 5.66.